The molecule has 1 saturated heterocycles. The summed E-state index contributed by atoms with van der Waals surface area (Å²) >= 11 is 0. The fourth-order valence-corrected chi connectivity index (χ4v) is 2.35. The fourth-order valence-electron chi connectivity index (χ4n) is 2.35. The maximum Gasteiger partial charge on any atom is 0.358 e. The van der Waals surface area contributed by atoms with E-state index in [9.17, 15) is 9.90 Å². The van der Waals surface area contributed by atoms with E-state index in [-0.39, 0.29) is 11.7 Å². The Hall–Kier alpha value is -2.28. The van der Waals surface area contributed by atoms with E-state index in [1.165, 1.54) is 0 Å². The number of carbonyl (C=O) groups is 1. The Kier molecular flexibility index (Phi) is 3.42. The molecule has 0 radical (unpaired) electrons. The van der Waals surface area contributed by atoms with Crippen LogP contribution in [0.25, 0.3) is 11.4 Å². The van der Waals surface area contributed by atoms with Gasteiger partial charge >= 0.3 is 5.97 Å². The van der Waals surface area contributed by atoms with Gasteiger partial charge < -0.3 is 9.84 Å². The molecule has 1 unspecified atom stereocenters. The highest BCUT2D eigenvalue weighted by molar-refractivity contribution is 5.92. The van der Waals surface area contributed by atoms with E-state index in [1.807, 2.05) is 6.07 Å². The van der Waals surface area contributed by atoms with Crippen LogP contribution in [-0.4, -0.2) is 44.3 Å². The van der Waals surface area contributed by atoms with E-state index < -0.39 is 5.97 Å². The van der Waals surface area contributed by atoms with Crippen molar-refractivity contribution in [1.29, 1.82) is 0 Å². The van der Waals surface area contributed by atoms with Gasteiger partial charge in [0, 0.05) is 12.8 Å². The van der Waals surface area contributed by atoms with Gasteiger partial charge in [-0.3, -0.25) is 4.98 Å². The molecule has 3 heterocycles. The van der Waals surface area contributed by atoms with Crippen LogP contribution in [0.1, 0.15) is 29.4 Å². The topological polar surface area (TPSA) is 90.1 Å². The molecule has 1 fully saturated rings. The van der Waals surface area contributed by atoms with Crippen molar-refractivity contribution in [2.45, 2.75) is 18.9 Å². The number of rotatable bonds is 3. The van der Waals surface area contributed by atoms with Gasteiger partial charge in [0.15, 0.2) is 5.69 Å². The Labute approximate surface area is 115 Å². The third-order valence-corrected chi connectivity index (χ3v) is 3.29. The Morgan fingerprint density at radius 3 is 3.00 bits per heavy atom. The molecule has 1 N–H and O–H groups in total. The van der Waals surface area contributed by atoms with Crippen LogP contribution in [0.15, 0.2) is 24.4 Å². The van der Waals surface area contributed by atoms with E-state index >= 15 is 0 Å². The van der Waals surface area contributed by atoms with E-state index in [2.05, 4.69) is 15.3 Å². The molecular weight excluding hydrogens is 260 g/mol. The summed E-state index contributed by atoms with van der Waals surface area (Å²) in [4.78, 5) is 15.5. The van der Waals surface area contributed by atoms with Crippen molar-refractivity contribution in [3.8, 4) is 11.4 Å². The van der Waals surface area contributed by atoms with Crippen molar-refractivity contribution in [3.05, 3.63) is 30.1 Å². The van der Waals surface area contributed by atoms with Crippen LogP contribution < -0.4 is 0 Å². The molecule has 7 nitrogen and oxygen atoms in total. The molecule has 7 heteroatoms. The van der Waals surface area contributed by atoms with Crippen LogP contribution >= 0.6 is 0 Å². The number of nitrogens with zero attached hydrogens (tertiary/aromatic N) is 4. The van der Waals surface area contributed by atoms with Gasteiger partial charge in [0.1, 0.15) is 5.69 Å². The van der Waals surface area contributed by atoms with Crippen LogP contribution in [-0.2, 0) is 4.74 Å². The van der Waals surface area contributed by atoms with E-state index in [1.54, 1.807) is 23.0 Å². The first-order valence-electron chi connectivity index (χ1n) is 6.45. The number of ether oxygens (including phenoxy) is 1. The smallest absolute Gasteiger partial charge is 0.358 e. The first-order chi connectivity index (χ1) is 9.77. The van der Waals surface area contributed by atoms with Crippen molar-refractivity contribution in [2.75, 3.05) is 13.2 Å². The normalized spacial score (nSPS) is 18.9. The molecule has 20 heavy (non-hydrogen) atoms. The first-order valence-corrected chi connectivity index (χ1v) is 6.45. The fraction of sp³-hybridized carbons (Fsp3) is 0.385. The summed E-state index contributed by atoms with van der Waals surface area (Å²) in [7, 11) is 0. The SMILES string of the molecule is O=C(O)c1nnn(C2CCCOC2)c1-c1ccccn1. The van der Waals surface area contributed by atoms with E-state index in [0.29, 0.717) is 18.0 Å². The van der Waals surface area contributed by atoms with Crippen molar-refractivity contribution in [2.24, 2.45) is 0 Å². The second kappa shape index (κ2) is 5.38. The minimum absolute atomic E-state index is 0.00126. The summed E-state index contributed by atoms with van der Waals surface area (Å²) in [5, 5.41) is 17.1. The maximum atomic E-state index is 11.3. The molecule has 0 aliphatic carbocycles. The molecule has 0 aromatic carbocycles. The Balaban J connectivity index is 2.08. The number of carboxylic acids is 1. The molecule has 0 spiro atoms. The monoisotopic (exact) mass is 274 g/mol. The first kappa shape index (κ1) is 12.7. The van der Waals surface area contributed by atoms with Gasteiger partial charge in [-0.05, 0) is 25.0 Å². The van der Waals surface area contributed by atoms with E-state index in [4.69, 9.17) is 4.74 Å². The Morgan fingerprint density at radius 2 is 2.35 bits per heavy atom. The average Bonchev–Trinajstić information content (AvgIpc) is 2.94. The standard InChI is InChI=1S/C13H14N4O3/c18-13(19)11-12(10-5-1-2-6-14-10)17(16-15-11)9-4-3-7-20-8-9/h1-2,5-6,9H,3-4,7-8H2,(H,18,19). The molecular formula is C13H14N4O3. The summed E-state index contributed by atoms with van der Waals surface area (Å²) < 4.78 is 7.07. The highest BCUT2D eigenvalue weighted by Gasteiger charge is 2.27. The minimum Gasteiger partial charge on any atom is -0.476 e. The molecule has 3 rings (SSSR count). The average molecular weight is 274 g/mol. The molecule has 0 amide bonds. The summed E-state index contributed by atoms with van der Waals surface area (Å²) in [6.07, 6.45) is 3.44. The number of hydrogen-bond donors (Lipinski definition) is 1. The summed E-state index contributed by atoms with van der Waals surface area (Å²) in [6.45, 7) is 1.25. The van der Waals surface area contributed by atoms with Gasteiger partial charge in [-0.25, -0.2) is 9.48 Å². The third kappa shape index (κ3) is 2.27. The van der Waals surface area contributed by atoms with Crippen molar-refractivity contribution >= 4 is 5.97 Å². The lowest BCUT2D eigenvalue weighted by atomic mass is 10.1. The second-order valence-electron chi connectivity index (χ2n) is 4.62. The van der Waals surface area contributed by atoms with Crippen molar-refractivity contribution < 1.29 is 14.6 Å². The molecule has 0 bridgehead atoms. The second-order valence-corrected chi connectivity index (χ2v) is 4.62. The van der Waals surface area contributed by atoms with Crippen molar-refractivity contribution in [3.63, 3.8) is 0 Å². The third-order valence-electron chi connectivity index (χ3n) is 3.29. The lowest BCUT2D eigenvalue weighted by molar-refractivity contribution is 0.0548. The molecule has 104 valence electrons. The number of aromatic nitrogens is 4. The Bertz CT molecular complexity index is 605. The summed E-state index contributed by atoms with van der Waals surface area (Å²) in [6, 6.07) is 5.34. The van der Waals surface area contributed by atoms with Gasteiger partial charge in [-0.15, -0.1) is 5.10 Å². The number of carboxylic acid groups (broad SMARTS) is 1. The minimum atomic E-state index is -1.10. The van der Waals surface area contributed by atoms with Gasteiger partial charge in [0.25, 0.3) is 0 Å². The van der Waals surface area contributed by atoms with Crippen LogP contribution in [0.3, 0.4) is 0 Å². The van der Waals surface area contributed by atoms with Crippen molar-refractivity contribution in [1.82, 2.24) is 20.0 Å². The highest BCUT2D eigenvalue weighted by atomic mass is 16.5. The lowest BCUT2D eigenvalue weighted by Gasteiger charge is -2.23. The molecule has 1 aliphatic rings. The number of aromatic carboxylic acids is 1. The summed E-state index contributed by atoms with van der Waals surface area (Å²) in [5.74, 6) is -1.10. The predicted octanol–water partition coefficient (Wildman–Crippen LogP) is 1.39. The lowest BCUT2D eigenvalue weighted by Crippen LogP contribution is -2.23. The Morgan fingerprint density at radius 1 is 1.45 bits per heavy atom. The zero-order chi connectivity index (χ0) is 13.9. The van der Waals surface area contributed by atoms with Crippen LogP contribution in [0.4, 0.5) is 0 Å². The molecule has 2 aromatic heterocycles. The zero-order valence-electron chi connectivity index (χ0n) is 10.8. The number of hydrogen-bond acceptors (Lipinski definition) is 5. The van der Waals surface area contributed by atoms with Crippen LogP contribution in [0.2, 0.25) is 0 Å². The maximum absolute atomic E-state index is 11.3. The van der Waals surface area contributed by atoms with Gasteiger partial charge in [-0.2, -0.15) is 0 Å². The van der Waals surface area contributed by atoms with Gasteiger partial charge in [-0.1, -0.05) is 11.3 Å². The van der Waals surface area contributed by atoms with E-state index in [0.717, 1.165) is 19.4 Å². The largest absolute Gasteiger partial charge is 0.476 e. The van der Waals surface area contributed by atoms with Crippen LogP contribution in [0.5, 0.6) is 0 Å². The van der Waals surface area contributed by atoms with Gasteiger partial charge in [0.2, 0.25) is 0 Å². The molecule has 0 saturated carbocycles. The van der Waals surface area contributed by atoms with Gasteiger partial charge in [0.05, 0.1) is 18.3 Å². The molecule has 2 aromatic rings. The van der Waals surface area contributed by atoms with Crippen LogP contribution in [0, 0.1) is 0 Å². The molecule has 1 atom stereocenters. The number of pyridine rings is 1. The molecule has 1 aliphatic heterocycles. The zero-order valence-corrected chi connectivity index (χ0v) is 10.8. The summed E-state index contributed by atoms with van der Waals surface area (Å²) in [5.41, 5.74) is 0.920. The predicted molar refractivity (Wildman–Crippen MR) is 69.3 cm³/mol. The quantitative estimate of drug-likeness (QED) is 0.909. The highest BCUT2D eigenvalue weighted by Crippen LogP contribution is 2.27.